The van der Waals surface area contributed by atoms with Crippen molar-refractivity contribution in [3.05, 3.63) is 60.0 Å². The van der Waals surface area contributed by atoms with Gasteiger partial charge < -0.3 is 0 Å². The predicted molar refractivity (Wildman–Crippen MR) is 92.2 cm³/mol. The fourth-order valence-corrected chi connectivity index (χ4v) is 5.29. The molecule has 0 aliphatic rings. The first-order valence-electron chi connectivity index (χ1n) is 6.61. The molecule has 0 N–H and O–H groups in total. The van der Waals surface area contributed by atoms with E-state index in [1.165, 1.54) is 41.0 Å². The first kappa shape index (κ1) is 10.8. The molecule has 0 aliphatic heterocycles. The SMILES string of the molecule is c1ccc2cc3c(ccc4sc5ccsc5c43)cc2c1. The molecule has 0 unspecified atom stereocenters. The lowest BCUT2D eigenvalue weighted by Gasteiger charge is -2.03. The second-order valence-electron chi connectivity index (χ2n) is 5.08. The van der Waals surface area contributed by atoms with E-state index in [1.54, 1.807) is 0 Å². The Morgan fingerprint density at radius 3 is 2.45 bits per heavy atom. The van der Waals surface area contributed by atoms with Crippen LogP contribution in [-0.2, 0) is 0 Å². The summed E-state index contributed by atoms with van der Waals surface area (Å²) < 4.78 is 4.24. The maximum absolute atomic E-state index is 2.35. The molecule has 0 atom stereocenters. The van der Waals surface area contributed by atoms with Gasteiger partial charge in [0.1, 0.15) is 0 Å². The summed E-state index contributed by atoms with van der Waals surface area (Å²) in [5.74, 6) is 0. The molecular formula is C18H10S2. The van der Waals surface area contributed by atoms with E-state index in [2.05, 4.69) is 60.0 Å². The minimum absolute atomic E-state index is 1.32. The maximum atomic E-state index is 2.35. The van der Waals surface area contributed by atoms with E-state index >= 15 is 0 Å². The molecule has 0 radical (unpaired) electrons. The summed E-state index contributed by atoms with van der Waals surface area (Å²) in [5, 5.41) is 8.99. The van der Waals surface area contributed by atoms with Gasteiger partial charge in [0.15, 0.2) is 0 Å². The Kier molecular flexibility index (Phi) is 2.07. The quantitative estimate of drug-likeness (QED) is 0.289. The third kappa shape index (κ3) is 1.35. The topological polar surface area (TPSA) is 0 Å². The van der Waals surface area contributed by atoms with Gasteiger partial charge in [-0.3, -0.25) is 0 Å². The fourth-order valence-electron chi connectivity index (χ4n) is 2.99. The average molecular weight is 290 g/mol. The van der Waals surface area contributed by atoms with Crippen LogP contribution in [0.4, 0.5) is 0 Å². The second kappa shape index (κ2) is 3.81. The Morgan fingerprint density at radius 1 is 0.700 bits per heavy atom. The van der Waals surface area contributed by atoms with Gasteiger partial charge in [-0.15, -0.1) is 22.7 Å². The number of fused-ring (bicyclic) bond motifs is 6. The summed E-state index contributed by atoms with van der Waals surface area (Å²) >= 11 is 3.75. The van der Waals surface area contributed by atoms with Gasteiger partial charge in [-0.1, -0.05) is 30.3 Å². The Labute approximate surface area is 123 Å². The Balaban J connectivity index is 2.10. The van der Waals surface area contributed by atoms with Crippen LogP contribution in [0.2, 0.25) is 0 Å². The molecule has 0 saturated carbocycles. The van der Waals surface area contributed by atoms with Gasteiger partial charge in [-0.05, 0) is 51.2 Å². The molecule has 2 heterocycles. The molecule has 2 aromatic heterocycles. The average Bonchev–Trinajstić information content (AvgIpc) is 3.05. The van der Waals surface area contributed by atoms with Crippen LogP contribution in [0.5, 0.6) is 0 Å². The molecule has 5 aromatic rings. The monoisotopic (exact) mass is 290 g/mol. The van der Waals surface area contributed by atoms with Crippen molar-refractivity contribution in [1.29, 1.82) is 0 Å². The molecule has 0 bridgehead atoms. The van der Waals surface area contributed by atoms with Gasteiger partial charge in [-0.25, -0.2) is 0 Å². The van der Waals surface area contributed by atoms with Crippen molar-refractivity contribution in [3.8, 4) is 0 Å². The number of benzene rings is 3. The number of hydrogen-bond acceptors (Lipinski definition) is 2. The molecule has 94 valence electrons. The van der Waals surface area contributed by atoms with E-state index in [0.29, 0.717) is 0 Å². The van der Waals surface area contributed by atoms with Crippen molar-refractivity contribution in [2.24, 2.45) is 0 Å². The minimum Gasteiger partial charge on any atom is -0.142 e. The largest absolute Gasteiger partial charge is 0.142 e. The lowest BCUT2D eigenvalue weighted by molar-refractivity contribution is 1.80. The maximum Gasteiger partial charge on any atom is 0.0535 e. The molecule has 0 aliphatic carbocycles. The highest BCUT2D eigenvalue weighted by Crippen LogP contribution is 2.41. The standard InChI is InChI=1S/C18H10S2/c1-2-4-12-10-14-13(9-11(12)3-1)5-6-15-17(14)18-16(20-15)7-8-19-18/h1-10H. The third-order valence-electron chi connectivity index (χ3n) is 3.92. The first-order chi connectivity index (χ1) is 9.90. The summed E-state index contributed by atoms with van der Waals surface area (Å²) in [6.45, 7) is 0. The smallest absolute Gasteiger partial charge is 0.0535 e. The predicted octanol–water partition coefficient (Wildman–Crippen LogP) is 6.42. The van der Waals surface area contributed by atoms with Crippen LogP contribution in [0, 0.1) is 0 Å². The van der Waals surface area contributed by atoms with Crippen LogP contribution >= 0.6 is 22.7 Å². The molecule has 0 fully saturated rings. The van der Waals surface area contributed by atoms with Gasteiger partial charge in [0.2, 0.25) is 0 Å². The van der Waals surface area contributed by atoms with Crippen molar-refractivity contribution in [1.82, 2.24) is 0 Å². The van der Waals surface area contributed by atoms with Gasteiger partial charge in [-0.2, -0.15) is 0 Å². The van der Waals surface area contributed by atoms with Crippen molar-refractivity contribution in [2.45, 2.75) is 0 Å². The molecule has 20 heavy (non-hydrogen) atoms. The van der Waals surface area contributed by atoms with Crippen molar-refractivity contribution in [3.63, 3.8) is 0 Å². The molecule has 5 rings (SSSR count). The molecule has 0 spiro atoms. The normalized spacial score (nSPS) is 12.0. The molecule has 0 nitrogen and oxygen atoms in total. The van der Waals surface area contributed by atoms with Crippen molar-refractivity contribution < 1.29 is 0 Å². The zero-order valence-corrected chi connectivity index (χ0v) is 12.2. The van der Waals surface area contributed by atoms with Gasteiger partial charge in [0, 0.05) is 14.8 Å². The molecule has 3 aromatic carbocycles. The van der Waals surface area contributed by atoms with E-state index < -0.39 is 0 Å². The molecule has 2 heteroatoms. The summed E-state index contributed by atoms with van der Waals surface area (Å²) in [4.78, 5) is 0. The van der Waals surface area contributed by atoms with E-state index in [1.807, 2.05) is 22.7 Å². The van der Waals surface area contributed by atoms with Gasteiger partial charge in [0.25, 0.3) is 0 Å². The van der Waals surface area contributed by atoms with Crippen molar-refractivity contribution in [2.75, 3.05) is 0 Å². The van der Waals surface area contributed by atoms with Crippen molar-refractivity contribution >= 4 is 63.7 Å². The van der Waals surface area contributed by atoms with E-state index in [9.17, 15) is 0 Å². The van der Waals surface area contributed by atoms with E-state index in [-0.39, 0.29) is 0 Å². The Bertz CT molecular complexity index is 1100. The summed E-state index contributed by atoms with van der Waals surface area (Å²) in [7, 11) is 0. The molecular weight excluding hydrogens is 280 g/mol. The van der Waals surface area contributed by atoms with Gasteiger partial charge in [0.05, 0.1) is 4.70 Å². The van der Waals surface area contributed by atoms with Crippen LogP contribution in [0.1, 0.15) is 0 Å². The molecule has 0 saturated heterocycles. The second-order valence-corrected chi connectivity index (χ2v) is 7.08. The lowest BCUT2D eigenvalue weighted by atomic mass is 10.0. The van der Waals surface area contributed by atoms with Crippen LogP contribution in [0.15, 0.2) is 60.0 Å². The number of hydrogen-bond donors (Lipinski definition) is 0. The Hall–Kier alpha value is -1.90. The first-order valence-corrected chi connectivity index (χ1v) is 8.31. The van der Waals surface area contributed by atoms with Gasteiger partial charge >= 0.3 is 0 Å². The minimum atomic E-state index is 1.32. The van der Waals surface area contributed by atoms with E-state index in [0.717, 1.165) is 0 Å². The fraction of sp³-hybridized carbons (Fsp3) is 0. The Morgan fingerprint density at radius 2 is 1.55 bits per heavy atom. The highest BCUT2D eigenvalue weighted by Gasteiger charge is 2.10. The number of thiophene rings is 2. The van der Waals surface area contributed by atoms with Crippen LogP contribution in [-0.4, -0.2) is 0 Å². The zero-order valence-electron chi connectivity index (χ0n) is 10.6. The van der Waals surface area contributed by atoms with Crippen LogP contribution in [0.3, 0.4) is 0 Å². The van der Waals surface area contributed by atoms with Crippen LogP contribution in [0.25, 0.3) is 41.0 Å². The van der Waals surface area contributed by atoms with Crippen LogP contribution < -0.4 is 0 Å². The highest BCUT2D eigenvalue weighted by molar-refractivity contribution is 7.32. The van der Waals surface area contributed by atoms with E-state index in [4.69, 9.17) is 0 Å². The summed E-state index contributed by atoms with van der Waals surface area (Å²) in [5.41, 5.74) is 0. The zero-order chi connectivity index (χ0) is 13.1. The summed E-state index contributed by atoms with van der Waals surface area (Å²) in [6, 6.07) is 20.0. The highest BCUT2D eigenvalue weighted by atomic mass is 32.1. The third-order valence-corrected chi connectivity index (χ3v) is 6.11. The summed E-state index contributed by atoms with van der Waals surface area (Å²) in [6.07, 6.45) is 0. The number of rotatable bonds is 0. The lowest BCUT2D eigenvalue weighted by Crippen LogP contribution is -1.76. The molecule has 0 amide bonds.